The maximum Gasteiger partial charge on any atom is 0.396 e. The van der Waals surface area contributed by atoms with E-state index in [9.17, 15) is 18.0 Å². The van der Waals surface area contributed by atoms with E-state index >= 15 is 0 Å². The number of nitrogens with one attached hydrogen (secondary N) is 2. The van der Waals surface area contributed by atoms with Crippen LogP contribution >= 0.6 is 0 Å². The Morgan fingerprint density at radius 2 is 2.00 bits per heavy atom. The number of hydrogen-bond donors (Lipinski definition) is 2. The average molecular weight is 290 g/mol. The van der Waals surface area contributed by atoms with Crippen LogP contribution in [0.2, 0.25) is 0 Å². The van der Waals surface area contributed by atoms with Crippen LogP contribution < -0.4 is 10.6 Å². The smallest absolute Gasteiger partial charge is 0.355 e. The van der Waals surface area contributed by atoms with Crippen molar-refractivity contribution in [2.75, 3.05) is 19.6 Å². The van der Waals surface area contributed by atoms with Crippen molar-refractivity contribution >= 4 is 5.91 Å². The Balaban J connectivity index is 1.64. The predicted molar refractivity (Wildman–Crippen MR) is 68.0 cm³/mol. The van der Waals surface area contributed by atoms with Gasteiger partial charge in [-0.1, -0.05) is 13.3 Å². The highest BCUT2D eigenvalue weighted by molar-refractivity contribution is 5.83. The van der Waals surface area contributed by atoms with Crippen LogP contribution in [-0.2, 0) is 4.79 Å². The molecular weight excluding hydrogens is 269 g/mol. The van der Waals surface area contributed by atoms with Crippen molar-refractivity contribution in [3.63, 3.8) is 0 Å². The molecule has 1 saturated heterocycles. The second-order valence-corrected chi connectivity index (χ2v) is 6.81. The summed E-state index contributed by atoms with van der Waals surface area (Å²) in [6, 6.07) is 0. The van der Waals surface area contributed by atoms with Gasteiger partial charge in [0.15, 0.2) is 0 Å². The monoisotopic (exact) mass is 290 g/mol. The summed E-state index contributed by atoms with van der Waals surface area (Å²) in [4.78, 5) is 12.2. The number of carbonyl (C=O) groups is 1. The first-order valence-electron chi connectivity index (χ1n) is 7.37. The molecule has 0 bridgehead atoms. The SMILES string of the molecule is CCC1(C(=O)NC[C@@]23CNC[C@]2(C(F)(F)F)C3)CCC1. The fourth-order valence-corrected chi connectivity index (χ4v) is 4.11. The number of halogens is 3. The molecule has 0 radical (unpaired) electrons. The van der Waals surface area contributed by atoms with Crippen LogP contribution in [-0.4, -0.2) is 31.7 Å². The summed E-state index contributed by atoms with van der Waals surface area (Å²) in [6.07, 6.45) is -0.485. The lowest BCUT2D eigenvalue weighted by Crippen LogP contribution is -2.48. The number of rotatable bonds is 4. The van der Waals surface area contributed by atoms with Gasteiger partial charge in [0.25, 0.3) is 0 Å². The van der Waals surface area contributed by atoms with Gasteiger partial charge >= 0.3 is 6.18 Å². The standard InChI is InChI=1S/C14H21F3N2O/c1-2-11(4-3-5-11)10(20)19-8-12-6-13(12,9-18-7-12)14(15,16)17/h18H,2-9H2,1H3,(H,19,20)/t12-,13-/m1/s1. The number of piperidine rings is 1. The van der Waals surface area contributed by atoms with E-state index in [4.69, 9.17) is 0 Å². The molecule has 1 amide bonds. The minimum Gasteiger partial charge on any atom is -0.355 e. The molecule has 0 spiro atoms. The Morgan fingerprint density at radius 3 is 2.45 bits per heavy atom. The second-order valence-electron chi connectivity index (χ2n) is 6.81. The minimum atomic E-state index is -4.18. The van der Waals surface area contributed by atoms with E-state index in [0.717, 1.165) is 25.7 Å². The van der Waals surface area contributed by atoms with Crippen LogP contribution in [0.1, 0.15) is 39.0 Å². The Kier molecular flexibility index (Phi) is 2.92. The molecule has 3 rings (SSSR count). The van der Waals surface area contributed by atoms with E-state index in [0.29, 0.717) is 6.54 Å². The fourth-order valence-electron chi connectivity index (χ4n) is 4.11. The molecule has 6 heteroatoms. The van der Waals surface area contributed by atoms with Crippen molar-refractivity contribution < 1.29 is 18.0 Å². The molecule has 0 aromatic rings. The summed E-state index contributed by atoms with van der Waals surface area (Å²) in [6.45, 7) is 2.47. The molecule has 0 unspecified atom stereocenters. The zero-order chi connectivity index (χ0) is 14.6. The predicted octanol–water partition coefficient (Wildman–Crippen LogP) is 2.22. The minimum absolute atomic E-state index is 0.00864. The lowest BCUT2D eigenvalue weighted by atomic mass is 9.66. The zero-order valence-electron chi connectivity index (χ0n) is 11.7. The summed E-state index contributed by atoms with van der Waals surface area (Å²) >= 11 is 0. The highest BCUT2D eigenvalue weighted by atomic mass is 19.4. The van der Waals surface area contributed by atoms with Gasteiger partial charge in [-0.2, -0.15) is 13.2 Å². The third-order valence-electron chi connectivity index (χ3n) is 6.02. The molecule has 3 nitrogen and oxygen atoms in total. The highest BCUT2D eigenvalue weighted by Gasteiger charge is 2.81. The Bertz CT molecular complexity index is 427. The van der Waals surface area contributed by atoms with Crippen LogP contribution in [0.4, 0.5) is 13.2 Å². The number of alkyl halides is 3. The third-order valence-corrected chi connectivity index (χ3v) is 6.02. The molecule has 3 aliphatic rings. The highest BCUT2D eigenvalue weighted by Crippen LogP contribution is 2.72. The molecule has 1 aliphatic heterocycles. The molecule has 3 fully saturated rings. The van der Waals surface area contributed by atoms with Gasteiger partial charge in [-0.05, 0) is 25.7 Å². The summed E-state index contributed by atoms with van der Waals surface area (Å²) in [5, 5.41) is 5.66. The largest absolute Gasteiger partial charge is 0.396 e. The Labute approximate surface area is 116 Å². The van der Waals surface area contributed by atoms with E-state index in [1.54, 1.807) is 0 Å². The van der Waals surface area contributed by atoms with Crippen LogP contribution in [0.15, 0.2) is 0 Å². The van der Waals surface area contributed by atoms with Gasteiger partial charge in [0, 0.05) is 30.5 Å². The van der Waals surface area contributed by atoms with Crippen LogP contribution in [0.5, 0.6) is 0 Å². The molecule has 1 heterocycles. The van der Waals surface area contributed by atoms with Gasteiger partial charge in [-0.15, -0.1) is 0 Å². The van der Waals surface area contributed by atoms with Crippen molar-refractivity contribution in [3.8, 4) is 0 Å². The van der Waals surface area contributed by atoms with Crippen molar-refractivity contribution in [2.45, 2.75) is 45.2 Å². The van der Waals surface area contributed by atoms with Gasteiger partial charge in [-0.3, -0.25) is 4.79 Å². The van der Waals surface area contributed by atoms with E-state index < -0.39 is 17.0 Å². The van der Waals surface area contributed by atoms with Gasteiger partial charge in [0.05, 0.1) is 5.41 Å². The number of hydrogen-bond acceptors (Lipinski definition) is 2. The van der Waals surface area contributed by atoms with Crippen molar-refractivity contribution in [3.05, 3.63) is 0 Å². The summed E-state index contributed by atoms with van der Waals surface area (Å²) < 4.78 is 39.5. The quantitative estimate of drug-likeness (QED) is 0.833. The topological polar surface area (TPSA) is 41.1 Å². The summed E-state index contributed by atoms with van der Waals surface area (Å²) in [5.41, 5.74) is -2.72. The maximum absolute atomic E-state index is 13.2. The van der Waals surface area contributed by atoms with Crippen LogP contribution in [0, 0.1) is 16.2 Å². The lowest BCUT2D eigenvalue weighted by molar-refractivity contribution is -0.190. The summed E-state index contributed by atoms with van der Waals surface area (Å²) in [5.74, 6) is -0.0458. The second kappa shape index (κ2) is 4.12. The molecule has 20 heavy (non-hydrogen) atoms. The molecular formula is C14H21F3N2O. The van der Waals surface area contributed by atoms with Gasteiger partial charge in [-0.25, -0.2) is 0 Å². The molecule has 2 N–H and O–H groups in total. The van der Waals surface area contributed by atoms with Gasteiger partial charge < -0.3 is 10.6 Å². The van der Waals surface area contributed by atoms with E-state index in [1.165, 1.54) is 0 Å². The van der Waals surface area contributed by atoms with Crippen molar-refractivity contribution in [1.82, 2.24) is 10.6 Å². The third kappa shape index (κ3) is 1.66. The normalized spacial score (nSPS) is 38.0. The van der Waals surface area contributed by atoms with E-state index in [-0.39, 0.29) is 30.8 Å². The molecule has 2 atom stereocenters. The molecule has 2 aliphatic carbocycles. The number of amides is 1. The first-order valence-corrected chi connectivity index (χ1v) is 7.37. The lowest BCUT2D eigenvalue weighted by Gasteiger charge is -2.39. The fraction of sp³-hybridized carbons (Fsp3) is 0.929. The van der Waals surface area contributed by atoms with Crippen molar-refractivity contribution in [1.29, 1.82) is 0 Å². The zero-order valence-corrected chi connectivity index (χ0v) is 11.7. The van der Waals surface area contributed by atoms with Crippen LogP contribution in [0.25, 0.3) is 0 Å². The molecule has 2 saturated carbocycles. The molecule has 0 aromatic heterocycles. The molecule has 0 aromatic carbocycles. The first-order chi connectivity index (χ1) is 9.31. The number of carbonyl (C=O) groups excluding carboxylic acids is 1. The van der Waals surface area contributed by atoms with Crippen molar-refractivity contribution in [2.24, 2.45) is 16.2 Å². The van der Waals surface area contributed by atoms with Gasteiger partial charge in [0.1, 0.15) is 0 Å². The van der Waals surface area contributed by atoms with E-state index in [1.807, 2.05) is 6.92 Å². The average Bonchev–Trinajstić information content (AvgIpc) is 2.84. The van der Waals surface area contributed by atoms with Crippen LogP contribution in [0.3, 0.4) is 0 Å². The number of fused-ring (bicyclic) bond motifs is 1. The van der Waals surface area contributed by atoms with Gasteiger partial charge in [0.2, 0.25) is 5.91 Å². The van der Waals surface area contributed by atoms with E-state index in [2.05, 4.69) is 10.6 Å². The maximum atomic E-state index is 13.2. The Hall–Kier alpha value is -0.780. The summed E-state index contributed by atoms with van der Waals surface area (Å²) in [7, 11) is 0. The first kappa shape index (κ1) is 14.2. The Morgan fingerprint density at radius 1 is 1.30 bits per heavy atom. The molecule has 114 valence electrons.